The normalized spacial score (nSPS) is 10.8. The zero-order chi connectivity index (χ0) is 15.6. The fraction of sp³-hybridized carbons (Fsp3) is 0.278. The van der Waals surface area contributed by atoms with E-state index in [1.165, 1.54) is 0 Å². The summed E-state index contributed by atoms with van der Waals surface area (Å²) < 4.78 is 11.2. The van der Waals surface area contributed by atoms with Crippen molar-refractivity contribution in [3.8, 4) is 11.5 Å². The topological polar surface area (TPSA) is 30.8 Å². The minimum atomic E-state index is 0.515. The summed E-state index contributed by atoms with van der Waals surface area (Å²) in [6.45, 7) is 1.33. The Morgan fingerprint density at radius 3 is 2.64 bits per heavy atom. The standard InChI is InChI=1S/C18H20BrNO2/c1-21-17-9-8-16(13-20-11-5-10-19)12-18(17)22-14-15-6-3-2-4-7-15/h2-4,6-9,12-13H,5,10-11,14H2,1H3. The minimum absolute atomic E-state index is 0.515. The van der Waals surface area contributed by atoms with Crippen molar-refractivity contribution in [2.75, 3.05) is 19.0 Å². The monoisotopic (exact) mass is 361 g/mol. The first-order valence-corrected chi connectivity index (χ1v) is 8.36. The van der Waals surface area contributed by atoms with E-state index in [-0.39, 0.29) is 0 Å². The molecule has 0 fully saturated rings. The van der Waals surface area contributed by atoms with E-state index in [1.807, 2.05) is 54.7 Å². The zero-order valence-corrected chi connectivity index (χ0v) is 14.3. The van der Waals surface area contributed by atoms with E-state index in [0.29, 0.717) is 6.61 Å². The zero-order valence-electron chi connectivity index (χ0n) is 12.7. The third kappa shape index (κ3) is 5.19. The van der Waals surface area contributed by atoms with Crippen molar-refractivity contribution in [3.05, 3.63) is 59.7 Å². The van der Waals surface area contributed by atoms with Gasteiger partial charge in [0.25, 0.3) is 0 Å². The highest BCUT2D eigenvalue weighted by Gasteiger charge is 2.05. The lowest BCUT2D eigenvalue weighted by Gasteiger charge is -2.11. The average molecular weight is 362 g/mol. The number of methoxy groups -OCH3 is 1. The third-order valence-corrected chi connectivity index (χ3v) is 3.65. The molecule has 0 saturated carbocycles. The summed E-state index contributed by atoms with van der Waals surface area (Å²) in [6.07, 6.45) is 2.90. The van der Waals surface area contributed by atoms with Crippen molar-refractivity contribution in [1.82, 2.24) is 0 Å². The second-order valence-electron chi connectivity index (χ2n) is 4.76. The van der Waals surface area contributed by atoms with Crippen LogP contribution in [0, 0.1) is 0 Å². The first kappa shape index (κ1) is 16.6. The van der Waals surface area contributed by atoms with Crippen LogP contribution >= 0.6 is 15.9 Å². The Labute approximate surface area is 140 Å². The number of halogens is 1. The molecule has 0 radical (unpaired) electrons. The van der Waals surface area contributed by atoms with Crippen LogP contribution in [0.25, 0.3) is 0 Å². The second-order valence-corrected chi connectivity index (χ2v) is 5.56. The van der Waals surface area contributed by atoms with Crippen LogP contribution in [0.4, 0.5) is 0 Å². The van der Waals surface area contributed by atoms with E-state index in [9.17, 15) is 0 Å². The van der Waals surface area contributed by atoms with Gasteiger partial charge >= 0.3 is 0 Å². The third-order valence-electron chi connectivity index (χ3n) is 3.09. The van der Waals surface area contributed by atoms with Crippen molar-refractivity contribution in [2.45, 2.75) is 13.0 Å². The van der Waals surface area contributed by atoms with Crippen LogP contribution < -0.4 is 9.47 Å². The molecule has 0 saturated heterocycles. The van der Waals surface area contributed by atoms with Gasteiger partial charge in [-0.15, -0.1) is 0 Å². The molecule has 0 aliphatic heterocycles. The Bertz CT molecular complexity index is 599. The van der Waals surface area contributed by atoms with Gasteiger partial charge in [0.15, 0.2) is 11.5 Å². The molecule has 2 aromatic carbocycles. The highest BCUT2D eigenvalue weighted by molar-refractivity contribution is 9.09. The molecule has 2 rings (SSSR count). The summed E-state index contributed by atoms with van der Waals surface area (Å²) in [5.74, 6) is 1.46. The Morgan fingerprint density at radius 2 is 1.91 bits per heavy atom. The Kier molecular flexibility index (Phi) is 6.97. The second kappa shape index (κ2) is 9.26. The van der Waals surface area contributed by atoms with Gasteiger partial charge in [0.2, 0.25) is 0 Å². The van der Waals surface area contributed by atoms with E-state index in [0.717, 1.165) is 40.9 Å². The lowest BCUT2D eigenvalue weighted by Crippen LogP contribution is -1.98. The maximum Gasteiger partial charge on any atom is 0.162 e. The van der Waals surface area contributed by atoms with E-state index < -0.39 is 0 Å². The maximum atomic E-state index is 5.89. The molecule has 0 bridgehead atoms. The summed E-state index contributed by atoms with van der Waals surface area (Å²) in [5.41, 5.74) is 2.14. The molecule has 0 spiro atoms. The molecular weight excluding hydrogens is 342 g/mol. The van der Waals surface area contributed by atoms with E-state index in [2.05, 4.69) is 20.9 Å². The van der Waals surface area contributed by atoms with Crippen LogP contribution in [0.5, 0.6) is 11.5 Å². The lowest BCUT2D eigenvalue weighted by molar-refractivity contribution is 0.284. The Balaban J connectivity index is 2.05. The van der Waals surface area contributed by atoms with Gasteiger partial charge < -0.3 is 9.47 Å². The van der Waals surface area contributed by atoms with Gasteiger partial charge in [-0.2, -0.15) is 0 Å². The predicted octanol–water partition coefficient (Wildman–Crippen LogP) is 4.48. The summed E-state index contributed by atoms with van der Waals surface area (Å²) in [6, 6.07) is 15.9. The largest absolute Gasteiger partial charge is 0.493 e. The van der Waals surface area contributed by atoms with Crippen LogP contribution in [0.15, 0.2) is 53.5 Å². The molecule has 0 aliphatic rings. The van der Waals surface area contributed by atoms with Crippen LogP contribution in [0.1, 0.15) is 17.5 Å². The van der Waals surface area contributed by atoms with Crippen molar-refractivity contribution in [3.63, 3.8) is 0 Å². The molecule has 0 amide bonds. The molecule has 0 aromatic heterocycles. The molecule has 3 nitrogen and oxygen atoms in total. The molecule has 0 N–H and O–H groups in total. The molecule has 0 atom stereocenters. The van der Waals surface area contributed by atoms with Gasteiger partial charge in [0, 0.05) is 18.1 Å². The Hall–Kier alpha value is -1.81. The number of hydrogen-bond donors (Lipinski definition) is 0. The summed E-state index contributed by atoms with van der Waals surface area (Å²) in [4.78, 5) is 4.39. The maximum absolute atomic E-state index is 5.89. The molecule has 4 heteroatoms. The van der Waals surface area contributed by atoms with Gasteiger partial charge in [0.05, 0.1) is 7.11 Å². The number of ether oxygens (including phenoxy) is 2. The number of nitrogens with zero attached hydrogens (tertiary/aromatic N) is 1. The summed E-state index contributed by atoms with van der Waals surface area (Å²) >= 11 is 3.40. The molecule has 116 valence electrons. The smallest absolute Gasteiger partial charge is 0.162 e. The van der Waals surface area contributed by atoms with E-state index in [4.69, 9.17) is 9.47 Å². The van der Waals surface area contributed by atoms with Gasteiger partial charge in [0.1, 0.15) is 6.61 Å². The number of aliphatic imine (C=N–C) groups is 1. The predicted molar refractivity (Wildman–Crippen MR) is 94.6 cm³/mol. The molecule has 0 aliphatic carbocycles. The van der Waals surface area contributed by atoms with Crippen LogP contribution in [-0.4, -0.2) is 25.2 Å². The molecule has 0 heterocycles. The molecule has 2 aromatic rings. The van der Waals surface area contributed by atoms with Crippen LogP contribution in [-0.2, 0) is 6.61 Å². The van der Waals surface area contributed by atoms with Crippen LogP contribution in [0.3, 0.4) is 0 Å². The first-order valence-electron chi connectivity index (χ1n) is 7.24. The van der Waals surface area contributed by atoms with E-state index in [1.54, 1.807) is 7.11 Å². The number of hydrogen-bond acceptors (Lipinski definition) is 3. The number of benzene rings is 2. The van der Waals surface area contributed by atoms with Gasteiger partial charge in [-0.05, 0) is 35.7 Å². The van der Waals surface area contributed by atoms with Crippen molar-refractivity contribution in [1.29, 1.82) is 0 Å². The SMILES string of the molecule is COc1ccc(C=NCCCBr)cc1OCc1ccccc1. The molecular formula is C18H20BrNO2. The van der Waals surface area contributed by atoms with Gasteiger partial charge in [-0.3, -0.25) is 4.99 Å². The van der Waals surface area contributed by atoms with Crippen LogP contribution in [0.2, 0.25) is 0 Å². The quantitative estimate of drug-likeness (QED) is 0.394. The number of alkyl halides is 1. The average Bonchev–Trinajstić information content (AvgIpc) is 2.58. The van der Waals surface area contributed by atoms with Crippen molar-refractivity contribution >= 4 is 22.1 Å². The number of rotatable bonds is 8. The summed E-state index contributed by atoms with van der Waals surface area (Å²) in [7, 11) is 1.65. The molecule has 0 unspecified atom stereocenters. The Morgan fingerprint density at radius 1 is 1.09 bits per heavy atom. The minimum Gasteiger partial charge on any atom is -0.493 e. The van der Waals surface area contributed by atoms with Crippen molar-refractivity contribution < 1.29 is 9.47 Å². The lowest BCUT2D eigenvalue weighted by atomic mass is 10.2. The fourth-order valence-electron chi connectivity index (χ4n) is 1.94. The fourth-order valence-corrected chi connectivity index (χ4v) is 2.19. The summed E-state index contributed by atoms with van der Waals surface area (Å²) in [5, 5.41) is 0.971. The first-order chi connectivity index (χ1) is 10.8. The molecule has 22 heavy (non-hydrogen) atoms. The van der Waals surface area contributed by atoms with Gasteiger partial charge in [-0.25, -0.2) is 0 Å². The highest BCUT2D eigenvalue weighted by atomic mass is 79.9. The van der Waals surface area contributed by atoms with Crippen molar-refractivity contribution in [2.24, 2.45) is 4.99 Å². The van der Waals surface area contributed by atoms with Gasteiger partial charge in [-0.1, -0.05) is 46.3 Å². The highest BCUT2D eigenvalue weighted by Crippen LogP contribution is 2.28. The van der Waals surface area contributed by atoms with E-state index >= 15 is 0 Å².